The Morgan fingerprint density at radius 2 is 1.76 bits per heavy atom. The number of nitrogens with one attached hydrogen (secondary N) is 1. The number of hydrogen-bond acceptors (Lipinski definition) is 5. The average molecular weight is 392 g/mol. The van der Waals surface area contributed by atoms with Gasteiger partial charge in [-0.3, -0.25) is 4.79 Å². The van der Waals surface area contributed by atoms with Crippen LogP contribution in [0.25, 0.3) is 16.9 Å². The Balaban J connectivity index is 1.65. The molecule has 1 N–H and O–H groups in total. The van der Waals surface area contributed by atoms with E-state index in [0.717, 1.165) is 5.56 Å². The van der Waals surface area contributed by atoms with Gasteiger partial charge in [-0.05, 0) is 42.5 Å². The maximum absolute atomic E-state index is 13.2. The number of rotatable bonds is 5. The molecule has 0 fully saturated rings. The minimum Gasteiger partial charge on any atom is -0.493 e. The lowest BCUT2D eigenvalue weighted by Gasteiger charge is -2.09. The Morgan fingerprint density at radius 1 is 1.00 bits per heavy atom. The molecule has 0 saturated carbocycles. The van der Waals surface area contributed by atoms with Gasteiger partial charge in [0.1, 0.15) is 5.82 Å². The Morgan fingerprint density at radius 3 is 2.48 bits per heavy atom. The molecule has 2 heterocycles. The lowest BCUT2D eigenvalue weighted by molar-refractivity contribution is 0.102. The topological polar surface area (TPSA) is 77.8 Å². The lowest BCUT2D eigenvalue weighted by atomic mass is 10.1. The summed E-state index contributed by atoms with van der Waals surface area (Å²) in [5, 5.41) is 7.16. The van der Waals surface area contributed by atoms with Crippen molar-refractivity contribution >= 4 is 17.2 Å². The fraction of sp³-hybridized carbons (Fsp3) is 0.0952. The summed E-state index contributed by atoms with van der Waals surface area (Å²) in [7, 11) is 3.06. The summed E-state index contributed by atoms with van der Waals surface area (Å²) in [4.78, 5) is 16.9. The monoisotopic (exact) mass is 392 g/mol. The first kappa shape index (κ1) is 18.4. The maximum atomic E-state index is 13.2. The number of hydrogen-bond donors (Lipinski definition) is 1. The van der Waals surface area contributed by atoms with Gasteiger partial charge in [0, 0.05) is 29.6 Å². The number of nitrogens with zero attached hydrogens (tertiary/aromatic N) is 3. The molecule has 0 aliphatic heterocycles. The molecule has 0 unspecified atom stereocenters. The third kappa shape index (κ3) is 3.60. The summed E-state index contributed by atoms with van der Waals surface area (Å²) in [6.45, 7) is 0. The van der Waals surface area contributed by atoms with E-state index in [2.05, 4.69) is 15.4 Å². The molecule has 0 atom stereocenters. The van der Waals surface area contributed by atoms with Gasteiger partial charge in [0.15, 0.2) is 22.8 Å². The Labute approximate surface area is 165 Å². The van der Waals surface area contributed by atoms with Crippen LogP contribution in [0.2, 0.25) is 0 Å². The first-order valence-electron chi connectivity index (χ1n) is 8.73. The molecule has 4 aromatic rings. The number of amides is 1. The molecule has 1 amide bonds. The molecule has 0 spiro atoms. The molecular weight excluding hydrogens is 375 g/mol. The lowest BCUT2D eigenvalue weighted by Crippen LogP contribution is -2.13. The SMILES string of the molecule is COc1ccc(NC(=O)c2cc3nccc(-c4ccc(F)cc4)n3n2)cc1OC. The highest BCUT2D eigenvalue weighted by molar-refractivity contribution is 6.03. The highest BCUT2D eigenvalue weighted by Gasteiger charge is 2.15. The highest BCUT2D eigenvalue weighted by Crippen LogP contribution is 2.30. The van der Waals surface area contributed by atoms with Crippen LogP contribution in [0.1, 0.15) is 10.5 Å². The summed E-state index contributed by atoms with van der Waals surface area (Å²) in [6, 6.07) is 14.4. The average Bonchev–Trinajstić information content (AvgIpc) is 3.19. The molecule has 0 radical (unpaired) electrons. The number of carbonyl (C=O) groups is 1. The summed E-state index contributed by atoms with van der Waals surface area (Å²) in [6.07, 6.45) is 1.62. The highest BCUT2D eigenvalue weighted by atomic mass is 19.1. The second-order valence-corrected chi connectivity index (χ2v) is 6.16. The van der Waals surface area contributed by atoms with Crippen LogP contribution in [0.15, 0.2) is 60.8 Å². The van der Waals surface area contributed by atoms with Crippen LogP contribution < -0.4 is 14.8 Å². The van der Waals surface area contributed by atoms with Crippen LogP contribution in [0.5, 0.6) is 11.5 Å². The Kier molecular flexibility index (Phi) is 4.82. The van der Waals surface area contributed by atoms with Gasteiger partial charge in [-0.25, -0.2) is 13.9 Å². The van der Waals surface area contributed by atoms with Gasteiger partial charge < -0.3 is 14.8 Å². The minimum atomic E-state index is -0.396. The molecule has 0 aliphatic rings. The number of carbonyl (C=O) groups excluding carboxylic acids is 1. The molecule has 7 nitrogen and oxygen atoms in total. The van der Waals surface area contributed by atoms with Crippen LogP contribution in [-0.2, 0) is 0 Å². The molecule has 8 heteroatoms. The van der Waals surface area contributed by atoms with Crippen LogP contribution in [0, 0.1) is 5.82 Å². The van der Waals surface area contributed by atoms with Crippen molar-refractivity contribution in [3.63, 3.8) is 0 Å². The van der Waals surface area contributed by atoms with Crippen molar-refractivity contribution in [3.8, 4) is 22.8 Å². The zero-order chi connectivity index (χ0) is 20.4. The molecule has 0 aliphatic carbocycles. The Bertz CT molecular complexity index is 1190. The van der Waals surface area contributed by atoms with E-state index in [-0.39, 0.29) is 11.5 Å². The van der Waals surface area contributed by atoms with Gasteiger partial charge in [-0.15, -0.1) is 0 Å². The van der Waals surface area contributed by atoms with Crippen LogP contribution in [0.3, 0.4) is 0 Å². The molecule has 146 valence electrons. The molecule has 2 aromatic heterocycles. The van der Waals surface area contributed by atoms with Gasteiger partial charge >= 0.3 is 0 Å². The normalized spacial score (nSPS) is 10.7. The largest absolute Gasteiger partial charge is 0.493 e. The summed E-state index contributed by atoms with van der Waals surface area (Å²) in [5.74, 6) is 0.342. The molecule has 4 rings (SSSR count). The number of fused-ring (bicyclic) bond motifs is 1. The van der Waals surface area contributed by atoms with Gasteiger partial charge in [0.05, 0.1) is 19.9 Å². The van der Waals surface area contributed by atoms with Crippen LogP contribution >= 0.6 is 0 Å². The summed E-state index contributed by atoms with van der Waals surface area (Å²) in [5.41, 5.74) is 2.69. The smallest absolute Gasteiger partial charge is 0.276 e. The maximum Gasteiger partial charge on any atom is 0.276 e. The fourth-order valence-corrected chi connectivity index (χ4v) is 2.95. The van der Waals surface area contributed by atoms with E-state index >= 15 is 0 Å². The number of aromatic nitrogens is 3. The zero-order valence-electron chi connectivity index (χ0n) is 15.7. The van der Waals surface area contributed by atoms with Crippen molar-refractivity contribution in [2.24, 2.45) is 0 Å². The molecule has 2 aromatic carbocycles. The van der Waals surface area contributed by atoms with E-state index < -0.39 is 5.91 Å². The Hall–Kier alpha value is -3.94. The van der Waals surface area contributed by atoms with Gasteiger partial charge in [0.2, 0.25) is 0 Å². The number of ether oxygens (including phenoxy) is 2. The zero-order valence-corrected chi connectivity index (χ0v) is 15.7. The predicted octanol–water partition coefficient (Wildman–Crippen LogP) is 3.80. The number of methoxy groups -OCH3 is 2. The third-order valence-corrected chi connectivity index (χ3v) is 4.37. The van der Waals surface area contributed by atoms with E-state index in [9.17, 15) is 9.18 Å². The van der Waals surface area contributed by atoms with Crippen molar-refractivity contribution in [1.82, 2.24) is 14.6 Å². The summed E-state index contributed by atoms with van der Waals surface area (Å²) >= 11 is 0. The van der Waals surface area contributed by atoms with Gasteiger partial charge in [0.25, 0.3) is 5.91 Å². The van der Waals surface area contributed by atoms with Crippen LogP contribution in [-0.4, -0.2) is 34.7 Å². The van der Waals surface area contributed by atoms with E-state index in [1.54, 1.807) is 60.3 Å². The molecular formula is C21H17FN4O3. The fourth-order valence-electron chi connectivity index (χ4n) is 2.95. The van der Waals surface area contributed by atoms with Crippen molar-refractivity contribution in [1.29, 1.82) is 0 Å². The number of benzene rings is 2. The van der Waals surface area contributed by atoms with E-state index in [1.807, 2.05) is 0 Å². The summed E-state index contributed by atoms with van der Waals surface area (Å²) < 4.78 is 25.2. The van der Waals surface area contributed by atoms with Gasteiger partial charge in [-0.2, -0.15) is 5.10 Å². The van der Waals surface area contributed by atoms with E-state index in [4.69, 9.17) is 9.47 Å². The second kappa shape index (κ2) is 7.59. The first-order chi connectivity index (χ1) is 14.1. The molecule has 29 heavy (non-hydrogen) atoms. The van der Waals surface area contributed by atoms with E-state index in [1.165, 1.54) is 19.2 Å². The van der Waals surface area contributed by atoms with E-state index in [0.29, 0.717) is 28.5 Å². The minimum absolute atomic E-state index is 0.196. The van der Waals surface area contributed by atoms with Crippen molar-refractivity contribution in [3.05, 3.63) is 72.3 Å². The standard InChI is InChI=1S/C21H17FN4O3/c1-28-18-8-7-15(11-19(18)29-2)24-21(27)16-12-20-23-10-9-17(26(20)25-16)13-3-5-14(22)6-4-13/h3-12H,1-2H3,(H,24,27). The van der Waals surface area contributed by atoms with Crippen molar-refractivity contribution < 1.29 is 18.7 Å². The molecule has 0 saturated heterocycles. The third-order valence-electron chi connectivity index (χ3n) is 4.37. The second-order valence-electron chi connectivity index (χ2n) is 6.16. The number of halogens is 1. The number of anilines is 1. The predicted molar refractivity (Wildman–Crippen MR) is 106 cm³/mol. The van der Waals surface area contributed by atoms with Crippen molar-refractivity contribution in [2.75, 3.05) is 19.5 Å². The van der Waals surface area contributed by atoms with Crippen molar-refractivity contribution in [2.45, 2.75) is 0 Å². The first-order valence-corrected chi connectivity index (χ1v) is 8.73. The van der Waals surface area contributed by atoms with Gasteiger partial charge in [-0.1, -0.05) is 0 Å². The van der Waals surface area contributed by atoms with Crippen LogP contribution in [0.4, 0.5) is 10.1 Å². The molecule has 0 bridgehead atoms. The quantitative estimate of drug-likeness (QED) is 0.559.